The van der Waals surface area contributed by atoms with Crippen LogP contribution in [0, 0.1) is 0 Å². The van der Waals surface area contributed by atoms with Gasteiger partial charge in [-0.3, -0.25) is 0 Å². The van der Waals surface area contributed by atoms with Gasteiger partial charge in [-0.2, -0.15) is 0 Å². The van der Waals surface area contributed by atoms with Crippen molar-refractivity contribution in [2.24, 2.45) is 0 Å². The Balaban J connectivity index is 1.54. The quantitative estimate of drug-likeness (QED) is 0.283. The summed E-state index contributed by atoms with van der Waals surface area (Å²) < 4.78 is 9.05. The topological polar surface area (TPSA) is 14.2 Å². The number of fused-ring (bicyclic) bond motifs is 5. The lowest BCUT2D eigenvalue weighted by atomic mass is 9.33. The molecule has 0 N–H and O–H groups in total. The summed E-state index contributed by atoms with van der Waals surface area (Å²) >= 11 is 0. The van der Waals surface area contributed by atoms with E-state index in [0.29, 0.717) is 0 Å². The van der Waals surface area contributed by atoms with E-state index in [1.54, 1.807) is 0 Å². The van der Waals surface area contributed by atoms with E-state index in [4.69, 9.17) is 4.74 Å². The highest BCUT2D eigenvalue weighted by atomic mass is 16.5. The second-order valence-corrected chi connectivity index (χ2v) is 9.68. The largest absolute Gasteiger partial charge is 0.458 e. The molecule has 0 amide bonds. The van der Waals surface area contributed by atoms with Gasteiger partial charge in [0.25, 0.3) is 6.71 Å². The first-order chi connectivity index (χ1) is 17.4. The third kappa shape index (κ3) is 2.08. The van der Waals surface area contributed by atoms with Crippen LogP contribution in [-0.4, -0.2) is 11.3 Å². The summed E-state index contributed by atoms with van der Waals surface area (Å²) in [6.45, 7) is 0.136. The van der Waals surface area contributed by atoms with E-state index in [2.05, 4.69) is 114 Å². The molecule has 3 heterocycles. The van der Waals surface area contributed by atoms with E-state index in [0.717, 1.165) is 11.5 Å². The number of benzene rings is 6. The van der Waals surface area contributed by atoms with Crippen LogP contribution in [0.15, 0.2) is 109 Å². The van der Waals surface area contributed by atoms with Crippen LogP contribution in [0.4, 0.5) is 0 Å². The summed E-state index contributed by atoms with van der Waals surface area (Å²) in [5.41, 5.74) is 7.67. The van der Waals surface area contributed by atoms with Gasteiger partial charge in [-0.1, -0.05) is 78.3 Å². The van der Waals surface area contributed by atoms with Crippen molar-refractivity contribution in [1.29, 1.82) is 0 Å². The average Bonchev–Trinajstić information content (AvgIpc) is 3.27. The Morgan fingerprint density at radius 1 is 0.514 bits per heavy atom. The van der Waals surface area contributed by atoms with Crippen molar-refractivity contribution >= 4 is 66.5 Å². The number of ether oxygens (including phenoxy) is 1. The molecule has 0 fully saturated rings. The molecule has 0 radical (unpaired) electrons. The summed E-state index contributed by atoms with van der Waals surface area (Å²) in [6, 6.07) is 39.5. The maximum Gasteiger partial charge on any atom is 0.253 e. The molecule has 2 nitrogen and oxygen atoms in total. The summed E-state index contributed by atoms with van der Waals surface area (Å²) in [4.78, 5) is 0. The molecule has 6 aromatic carbocycles. The SMILES string of the molecule is c1ccc(-n2c3cccc4c3c3c5c6c(ccc5ccc32)Oc2ccc3ccccc3c2B64)cc1. The molecule has 3 heteroatoms. The van der Waals surface area contributed by atoms with E-state index in [1.165, 1.54) is 65.4 Å². The van der Waals surface area contributed by atoms with Gasteiger partial charge >= 0.3 is 0 Å². The maximum absolute atomic E-state index is 6.62. The zero-order valence-corrected chi connectivity index (χ0v) is 18.8. The van der Waals surface area contributed by atoms with Gasteiger partial charge < -0.3 is 9.30 Å². The molecule has 2 aliphatic rings. The van der Waals surface area contributed by atoms with Crippen molar-refractivity contribution < 1.29 is 4.74 Å². The van der Waals surface area contributed by atoms with E-state index >= 15 is 0 Å². The predicted molar refractivity (Wildman–Crippen MR) is 147 cm³/mol. The molecule has 9 rings (SSSR count). The van der Waals surface area contributed by atoms with Gasteiger partial charge in [0.15, 0.2) is 0 Å². The molecular weight excluding hydrogens is 425 g/mol. The number of rotatable bonds is 1. The first-order valence-electron chi connectivity index (χ1n) is 12.2. The average molecular weight is 443 g/mol. The van der Waals surface area contributed by atoms with Gasteiger partial charge in [-0.15, -0.1) is 0 Å². The Hall–Kier alpha value is -4.50. The van der Waals surface area contributed by atoms with Crippen LogP contribution in [0.25, 0.3) is 49.0 Å². The molecule has 0 saturated heterocycles. The number of hydrogen-bond donors (Lipinski definition) is 0. The summed E-state index contributed by atoms with van der Waals surface area (Å²) in [7, 11) is 0. The smallest absolute Gasteiger partial charge is 0.253 e. The minimum Gasteiger partial charge on any atom is -0.458 e. The molecule has 7 aromatic rings. The summed E-state index contributed by atoms with van der Waals surface area (Å²) in [5.74, 6) is 1.95. The zero-order chi connectivity index (χ0) is 22.7. The third-order valence-corrected chi connectivity index (χ3v) is 8.02. The molecular formula is C32H18BNO. The van der Waals surface area contributed by atoms with Crippen LogP contribution in [-0.2, 0) is 0 Å². The fourth-order valence-corrected chi connectivity index (χ4v) is 6.71. The van der Waals surface area contributed by atoms with Gasteiger partial charge in [-0.05, 0) is 68.9 Å². The first kappa shape index (κ1) is 17.9. The number of hydrogen-bond acceptors (Lipinski definition) is 1. The molecule has 1 aromatic heterocycles. The van der Waals surface area contributed by atoms with Crippen molar-refractivity contribution in [3.05, 3.63) is 109 Å². The van der Waals surface area contributed by atoms with Crippen LogP contribution in [0.5, 0.6) is 11.5 Å². The van der Waals surface area contributed by atoms with Crippen LogP contribution < -0.4 is 21.1 Å². The van der Waals surface area contributed by atoms with Crippen LogP contribution in [0.1, 0.15) is 0 Å². The van der Waals surface area contributed by atoms with Crippen molar-refractivity contribution in [1.82, 2.24) is 4.57 Å². The van der Waals surface area contributed by atoms with E-state index in [9.17, 15) is 0 Å². The van der Waals surface area contributed by atoms with Gasteiger partial charge in [0.1, 0.15) is 11.5 Å². The Morgan fingerprint density at radius 2 is 1.26 bits per heavy atom. The highest BCUT2D eigenvalue weighted by molar-refractivity contribution is 7.02. The number of para-hydroxylation sites is 1. The number of aromatic nitrogens is 1. The van der Waals surface area contributed by atoms with Crippen LogP contribution in [0.3, 0.4) is 0 Å². The Bertz CT molecular complexity index is 2040. The van der Waals surface area contributed by atoms with Gasteiger partial charge in [0, 0.05) is 16.5 Å². The second kappa shape index (κ2) is 6.14. The highest BCUT2D eigenvalue weighted by Crippen LogP contribution is 2.41. The lowest BCUT2D eigenvalue weighted by Gasteiger charge is -2.32. The minimum absolute atomic E-state index is 0.136. The summed E-state index contributed by atoms with van der Waals surface area (Å²) in [6.07, 6.45) is 0. The maximum atomic E-state index is 6.62. The second-order valence-electron chi connectivity index (χ2n) is 9.68. The zero-order valence-electron chi connectivity index (χ0n) is 18.8. The molecule has 0 atom stereocenters. The van der Waals surface area contributed by atoms with E-state index in [1.807, 2.05) is 0 Å². The van der Waals surface area contributed by atoms with Crippen LogP contribution >= 0.6 is 0 Å². The lowest BCUT2D eigenvalue weighted by molar-refractivity contribution is 0.489. The Labute approximate surface area is 202 Å². The predicted octanol–water partition coefficient (Wildman–Crippen LogP) is 6.03. The molecule has 0 bridgehead atoms. The fourth-order valence-electron chi connectivity index (χ4n) is 6.71. The molecule has 2 aliphatic heterocycles. The van der Waals surface area contributed by atoms with Crippen molar-refractivity contribution in [3.63, 3.8) is 0 Å². The Kier molecular flexibility index (Phi) is 3.14. The van der Waals surface area contributed by atoms with E-state index < -0.39 is 0 Å². The highest BCUT2D eigenvalue weighted by Gasteiger charge is 2.40. The molecule has 160 valence electrons. The van der Waals surface area contributed by atoms with Crippen molar-refractivity contribution in [2.45, 2.75) is 0 Å². The molecule has 0 unspecified atom stereocenters. The van der Waals surface area contributed by atoms with Crippen molar-refractivity contribution in [2.75, 3.05) is 0 Å². The fraction of sp³-hybridized carbons (Fsp3) is 0. The summed E-state index contributed by atoms with van der Waals surface area (Å²) in [5, 5.41) is 7.85. The molecule has 35 heavy (non-hydrogen) atoms. The van der Waals surface area contributed by atoms with Gasteiger partial charge in [0.05, 0.1) is 11.0 Å². The molecule has 0 aliphatic carbocycles. The standard InChI is InChI=1S/C32H18BNO/c1-2-8-21(9-3-1)34-24-12-6-11-23-29(24)30-25(34)16-13-20-15-18-27-32(28(20)30)33(23)31-22-10-5-4-7-19(22)14-17-26(31)35-27/h1-18H. The molecule has 0 saturated carbocycles. The van der Waals surface area contributed by atoms with Gasteiger partial charge in [0.2, 0.25) is 0 Å². The number of nitrogens with zero attached hydrogens (tertiary/aromatic N) is 1. The van der Waals surface area contributed by atoms with Crippen LogP contribution in [0.2, 0.25) is 0 Å². The molecule has 0 spiro atoms. The third-order valence-electron chi connectivity index (χ3n) is 8.02. The lowest BCUT2D eigenvalue weighted by Crippen LogP contribution is -2.56. The first-order valence-corrected chi connectivity index (χ1v) is 12.2. The van der Waals surface area contributed by atoms with E-state index in [-0.39, 0.29) is 6.71 Å². The van der Waals surface area contributed by atoms with Gasteiger partial charge in [-0.25, -0.2) is 0 Å². The minimum atomic E-state index is 0.136. The normalized spacial score (nSPS) is 13.3. The van der Waals surface area contributed by atoms with Crippen molar-refractivity contribution in [3.8, 4) is 17.2 Å². The Morgan fingerprint density at radius 3 is 2.17 bits per heavy atom. The monoisotopic (exact) mass is 443 g/mol.